The first-order chi connectivity index (χ1) is 9.40. The van der Waals surface area contributed by atoms with Crippen LogP contribution in [0.15, 0.2) is 24.3 Å². The van der Waals surface area contributed by atoms with E-state index in [4.69, 9.17) is 9.47 Å². The zero-order chi connectivity index (χ0) is 13.3. The quantitative estimate of drug-likeness (QED) is 0.783. The van der Waals surface area contributed by atoms with Crippen LogP contribution in [-0.4, -0.2) is 49.5 Å². The summed E-state index contributed by atoms with van der Waals surface area (Å²) in [6.07, 6.45) is 2.18. The summed E-state index contributed by atoms with van der Waals surface area (Å²) in [7, 11) is 0. The Morgan fingerprint density at radius 3 is 2.65 bits per heavy atom. The van der Waals surface area contributed by atoms with E-state index in [1.54, 1.807) is 0 Å². The van der Waals surface area contributed by atoms with Crippen molar-refractivity contribution in [1.82, 2.24) is 4.90 Å². The van der Waals surface area contributed by atoms with Gasteiger partial charge in [0.1, 0.15) is 5.75 Å². The van der Waals surface area contributed by atoms with Gasteiger partial charge < -0.3 is 14.6 Å². The van der Waals surface area contributed by atoms with Crippen LogP contribution in [0, 0.1) is 0 Å². The zero-order valence-electron chi connectivity index (χ0n) is 11.8. The lowest BCUT2D eigenvalue weighted by molar-refractivity contribution is 0.0368. The molecule has 2 rings (SSSR count). The first-order valence-electron chi connectivity index (χ1n) is 7.02. The molecule has 0 aliphatic carbocycles. The number of unbranched alkanes of at least 4 members (excludes halogenated alkanes) is 1. The molecule has 20 heavy (non-hydrogen) atoms. The monoisotopic (exact) mass is 301 g/mol. The van der Waals surface area contributed by atoms with Gasteiger partial charge in [0.15, 0.2) is 0 Å². The van der Waals surface area contributed by atoms with Crippen molar-refractivity contribution in [3.63, 3.8) is 0 Å². The third-order valence-electron chi connectivity index (χ3n) is 3.37. The minimum Gasteiger partial charge on any atom is -0.493 e. The number of aliphatic hydroxyl groups is 1. The molecule has 1 N–H and O–H groups in total. The molecule has 1 saturated heterocycles. The van der Waals surface area contributed by atoms with E-state index in [2.05, 4.69) is 4.90 Å². The summed E-state index contributed by atoms with van der Waals surface area (Å²) in [4.78, 5) is 2.44. The number of nitrogens with zero attached hydrogens (tertiary/aromatic N) is 1. The van der Waals surface area contributed by atoms with Gasteiger partial charge in [-0.3, -0.25) is 4.90 Å². The molecule has 1 aromatic carbocycles. The van der Waals surface area contributed by atoms with Crippen LogP contribution in [-0.2, 0) is 11.3 Å². The Morgan fingerprint density at radius 1 is 1.15 bits per heavy atom. The van der Waals surface area contributed by atoms with Gasteiger partial charge in [0, 0.05) is 18.7 Å². The molecule has 114 valence electrons. The lowest BCUT2D eigenvalue weighted by atomic mass is 10.2. The first-order valence-corrected chi connectivity index (χ1v) is 7.02. The second kappa shape index (κ2) is 10.00. The van der Waals surface area contributed by atoms with Crippen LogP contribution in [0.1, 0.15) is 18.4 Å². The van der Waals surface area contributed by atoms with Crippen LogP contribution in [0.2, 0.25) is 0 Å². The van der Waals surface area contributed by atoms with Crippen LogP contribution < -0.4 is 4.74 Å². The summed E-state index contributed by atoms with van der Waals surface area (Å²) < 4.78 is 11.0. The highest BCUT2D eigenvalue weighted by Crippen LogP contribution is 2.17. The predicted octanol–water partition coefficient (Wildman–Crippen LogP) is 2.09. The van der Waals surface area contributed by atoms with Gasteiger partial charge in [-0.25, -0.2) is 0 Å². The lowest BCUT2D eigenvalue weighted by Crippen LogP contribution is -2.36. The van der Waals surface area contributed by atoms with E-state index in [9.17, 15) is 5.11 Å². The molecule has 0 atom stereocenters. The van der Waals surface area contributed by atoms with Crippen LogP contribution in [0.3, 0.4) is 0 Å². The van der Waals surface area contributed by atoms with Crippen molar-refractivity contribution in [2.45, 2.75) is 19.4 Å². The van der Waals surface area contributed by atoms with E-state index >= 15 is 0 Å². The number of para-hydroxylation sites is 1. The van der Waals surface area contributed by atoms with Crippen molar-refractivity contribution in [2.75, 3.05) is 39.5 Å². The molecule has 0 amide bonds. The Labute approximate surface area is 127 Å². The smallest absolute Gasteiger partial charge is 0.124 e. The van der Waals surface area contributed by atoms with Crippen molar-refractivity contribution in [2.24, 2.45) is 0 Å². The highest BCUT2D eigenvalue weighted by Gasteiger charge is 2.09. The van der Waals surface area contributed by atoms with Crippen molar-refractivity contribution in [1.29, 1.82) is 0 Å². The maximum atomic E-state index is 9.19. The van der Waals surface area contributed by atoms with Crippen molar-refractivity contribution in [3.8, 4) is 5.75 Å². The molecule has 0 aromatic heterocycles. The summed E-state index contributed by atoms with van der Waals surface area (Å²) in [5, 5.41) is 9.19. The highest BCUT2D eigenvalue weighted by molar-refractivity contribution is 5.85. The molecular formula is C15H24ClNO3. The van der Waals surface area contributed by atoms with Gasteiger partial charge in [-0.1, -0.05) is 18.2 Å². The van der Waals surface area contributed by atoms with Crippen LogP contribution >= 0.6 is 12.4 Å². The molecule has 0 bridgehead atoms. The third-order valence-corrected chi connectivity index (χ3v) is 3.37. The fourth-order valence-electron chi connectivity index (χ4n) is 2.22. The van der Waals surface area contributed by atoms with Gasteiger partial charge in [0.2, 0.25) is 0 Å². The number of hydrogen-bond donors (Lipinski definition) is 1. The van der Waals surface area contributed by atoms with Gasteiger partial charge in [0.25, 0.3) is 0 Å². The van der Waals surface area contributed by atoms with E-state index < -0.39 is 0 Å². The van der Waals surface area contributed by atoms with E-state index in [-0.39, 0.29) is 19.0 Å². The summed E-state index contributed by atoms with van der Waals surface area (Å²) in [5.41, 5.74) is 0.857. The molecule has 0 spiro atoms. The van der Waals surface area contributed by atoms with Crippen LogP contribution in [0.4, 0.5) is 0 Å². The maximum Gasteiger partial charge on any atom is 0.124 e. The van der Waals surface area contributed by atoms with Crippen molar-refractivity contribution < 1.29 is 14.6 Å². The fraction of sp³-hybridized carbons (Fsp3) is 0.600. The SMILES string of the molecule is Cl.OCc1ccccc1OCCCCN1CCOCC1. The zero-order valence-corrected chi connectivity index (χ0v) is 12.6. The third kappa shape index (κ3) is 5.67. The van der Waals surface area contributed by atoms with Gasteiger partial charge in [-0.15, -0.1) is 12.4 Å². The van der Waals surface area contributed by atoms with E-state index in [1.807, 2.05) is 24.3 Å². The van der Waals surface area contributed by atoms with Gasteiger partial charge in [-0.2, -0.15) is 0 Å². The number of hydrogen-bond acceptors (Lipinski definition) is 4. The van der Waals surface area contributed by atoms with Crippen molar-refractivity contribution >= 4 is 12.4 Å². The minimum absolute atomic E-state index is 0. The largest absolute Gasteiger partial charge is 0.493 e. The lowest BCUT2D eigenvalue weighted by Gasteiger charge is -2.26. The molecule has 0 unspecified atom stereocenters. The van der Waals surface area contributed by atoms with E-state index in [0.717, 1.165) is 57.0 Å². The molecule has 5 heteroatoms. The van der Waals surface area contributed by atoms with Gasteiger partial charge in [-0.05, 0) is 25.5 Å². The number of morpholine rings is 1. The van der Waals surface area contributed by atoms with Gasteiger partial charge in [0.05, 0.1) is 26.4 Å². The summed E-state index contributed by atoms with van der Waals surface area (Å²) in [6, 6.07) is 7.65. The Morgan fingerprint density at radius 2 is 1.90 bits per heavy atom. The van der Waals surface area contributed by atoms with E-state index in [0.29, 0.717) is 6.61 Å². The Hall–Kier alpha value is -0.810. The standard InChI is InChI=1S/C15H23NO3.ClH/c17-13-14-5-1-2-6-15(14)19-10-4-3-7-16-8-11-18-12-9-16;/h1-2,5-6,17H,3-4,7-13H2;1H. The average molecular weight is 302 g/mol. The minimum atomic E-state index is 0. The highest BCUT2D eigenvalue weighted by atomic mass is 35.5. The molecule has 1 aliphatic rings. The van der Waals surface area contributed by atoms with E-state index in [1.165, 1.54) is 0 Å². The average Bonchev–Trinajstić information content (AvgIpc) is 2.48. The number of benzene rings is 1. The second-order valence-corrected chi connectivity index (χ2v) is 4.78. The first kappa shape index (κ1) is 17.2. The molecule has 1 fully saturated rings. The normalized spacial score (nSPS) is 15.7. The summed E-state index contributed by atoms with van der Waals surface area (Å²) >= 11 is 0. The Kier molecular flexibility index (Phi) is 8.62. The van der Waals surface area contributed by atoms with Gasteiger partial charge >= 0.3 is 0 Å². The molecule has 0 radical (unpaired) electrons. The predicted molar refractivity (Wildman–Crippen MR) is 81.6 cm³/mol. The van der Waals surface area contributed by atoms with Crippen LogP contribution in [0.5, 0.6) is 5.75 Å². The van der Waals surface area contributed by atoms with Crippen LogP contribution in [0.25, 0.3) is 0 Å². The second-order valence-electron chi connectivity index (χ2n) is 4.78. The molecule has 1 heterocycles. The number of rotatable bonds is 7. The molecule has 1 aromatic rings. The molecular weight excluding hydrogens is 278 g/mol. The Balaban J connectivity index is 0.00000200. The number of ether oxygens (including phenoxy) is 2. The summed E-state index contributed by atoms with van der Waals surface area (Å²) in [5.74, 6) is 0.802. The van der Waals surface area contributed by atoms with Crippen molar-refractivity contribution in [3.05, 3.63) is 29.8 Å². The molecule has 0 saturated carbocycles. The molecule has 4 nitrogen and oxygen atoms in total. The summed E-state index contributed by atoms with van der Waals surface area (Å²) in [6.45, 7) is 5.68. The fourth-order valence-corrected chi connectivity index (χ4v) is 2.22. The maximum absolute atomic E-state index is 9.19. The topological polar surface area (TPSA) is 41.9 Å². The number of aliphatic hydroxyl groups excluding tert-OH is 1. The Bertz CT molecular complexity index is 370. The molecule has 1 aliphatic heterocycles. The number of halogens is 1.